The molecule has 1 atom stereocenters. The first-order valence-electron chi connectivity index (χ1n) is 8.95. The second kappa shape index (κ2) is 8.17. The van der Waals surface area contributed by atoms with Crippen LogP contribution < -0.4 is 20.1 Å². The molecule has 0 bridgehead atoms. The van der Waals surface area contributed by atoms with E-state index in [0.717, 1.165) is 11.3 Å². The standard InChI is InChI=1S/C20H29N3O3S/c1-8-23-12(2)16(18(24)22-20(3,4)5)17(21-19(23)27)13-9-14(25-6)11-15(10-13)26-7/h9-11,17H,8H2,1-7H3,(H,21,27)(H,22,24)/t17-/m0/s1. The quantitative estimate of drug-likeness (QED) is 0.752. The third kappa shape index (κ3) is 4.71. The van der Waals surface area contributed by atoms with E-state index in [1.165, 1.54) is 0 Å². The maximum Gasteiger partial charge on any atom is 0.251 e. The van der Waals surface area contributed by atoms with Crippen LogP contribution in [0.3, 0.4) is 0 Å². The molecule has 6 nitrogen and oxygen atoms in total. The highest BCUT2D eigenvalue weighted by Gasteiger charge is 2.34. The van der Waals surface area contributed by atoms with Crippen molar-refractivity contribution in [1.29, 1.82) is 0 Å². The van der Waals surface area contributed by atoms with E-state index in [4.69, 9.17) is 21.7 Å². The van der Waals surface area contributed by atoms with Crippen LogP contribution in [0.1, 0.15) is 46.2 Å². The van der Waals surface area contributed by atoms with Gasteiger partial charge in [0.05, 0.1) is 25.8 Å². The molecule has 0 spiro atoms. The van der Waals surface area contributed by atoms with Crippen LogP contribution in [0.5, 0.6) is 11.5 Å². The van der Waals surface area contributed by atoms with Gasteiger partial charge in [0.2, 0.25) is 0 Å². The van der Waals surface area contributed by atoms with Crippen molar-refractivity contribution >= 4 is 23.2 Å². The van der Waals surface area contributed by atoms with E-state index in [2.05, 4.69) is 10.6 Å². The molecule has 0 fully saturated rings. The van der Waals surface area contributed by atoms with Gasteiger partial charge in [0.15, 0.2) is 5.11 Å². The predicted molar refractivity (Wildman–Crippen MR) is 111 cm³/mol. The van der Waals surface area contributed by atoms with Crippen LogP contribution in [-0.4, -0.2) is 42.2 Å². The molecule has 1 aromatic carbocycles. The van der Waals surface area contributed by atoms with Crippen molar-refractivity contribution in [3.8, 4) is 11.5 Å². The molecule has 27 heavy (non-hydrogen) atoms. The van der Waals surface area contributed by atoms with Crippen molar-refractivity contribution < 1.29 is 14.3 Å². The van der Waals surface area contributed by atoms with Crippen molar-refractivity contribution in [1.82, 2.24) is 15.5 Å². The number of amides is 1. The summed E-state index contributed by atoms with van der Waals surface area (Å²) in [6, 6.07) is 5.19. The van der Waals surface area contributed by atoms with Crippen LogP contribution in [0.2, 0.25) is 0 Å². The number of benzene rings is 1. The second-order valence-corrected chi connectivity index (χ2v) is 7.86. The largest absolute Gasteiger partial charge is 0.497 e. The van der Waals surface area contributed by atoms with Crippen LogP contribution in [0.25, 0.3) is 0 Å². The van der Waals surface area contributed by atoms with Gasteiger partial charge < -0.3 is 25.0 Å². The number of hydrogen-bond acceptors (Lipinski definition) is 4. The SMILES string of the molecule is CCN1C(=S)N[C@@H](c2cc(OC)cc(OC)c2)C(C(=O)NC(C)(C)C)=C1C. The van der Waals surface area contributed by atoms with E-state index in [1.54, 1.807) is 20.3 Å². The Labute approximate surface area is 166 Å². The van der Waals surface area contributed by atoms with Gasteiger partial charge in [-0.25, -0.2) is 0 Å². The van der Waals surface area contributed by atoms with Crippen molar-refractivity contribution in [2.45, 2.75) is 46.2 Å². The van der Waals surface area contributed by atoms with Crippen molar-refractivity contribution in [3.05, 3.63) is 35.0 Å². The van der Waals surface area contributed by atoms with Gasteiger partial charge in [0.25, 0.3) is 5.91 Å². The van der Waals surface area contributed by atoms with E-state index in [0.29, 0.717) is 28.7 Å². The van der Waals surface area contributed by atoms with E-state index in [9.17, 15) is 4.79 Å². The number of allylic oxidation sites excluding steroid dienone is 1. The molecule has 2 rings (SSSR count). The molecule has 1 aromatic rings. The lowest BCUT2D eigenvalue weighted by molar-refractivity contribution is -0.119. The van der Waals surface area contributed by atoms with Gasteiger partial charge >= 0.3 is 0 Å². The van der Waals surface area contributed by atoms with E-state index >= 15 is 0 Å². The molecule has 0 saturated heterocycles. The number of carbonyl (C=O) groups excluding carboxylic acids is 1. The van der Waals surface area contributed by atoms with Crippen LogP contribution in [0, 0.1) is 0 Å². The Hall–Kier alpha value is -2.28. The fourth-order valence-corrected chi connectivity index (χ4v) is 3.49. The minimum absolute atomic E-state index is 0.125. The monoisotopic (exact) mass is 391 g/mol. The summed E-state index contributed by atoms with van der Waals surface area (Å²) < 4.78 is 10.8. The molecule has 0 radical (unpaired) electrons. The number of nitrogens with zero attached hydrogens (tertiary/aromatic N) is 1. The van der Waals surface area contributed by atoms with Gasteiger partial charge in [-0.2, -0.15) is 0 Å². The number of nitrogens with one attached hydrogen (secondary N) is 2. The lowest BCUT2D eigenvalue weighted by Gasteiger charge is -2.38. The third-order valence-corrected chi connectivity index (χ3v) is 4.69. The zero-order valence-electron chi connectivity index (χ0n) is 17.1. The number of methoxy groups -OCH3 is 2. The number of carbonyl (C=O) groups is 1. The molecule has 1 aliphatic heterocycles. The van der Waals surface area contributed by atoms with Gasteiger partial charge in [-0.1, -0.05) is 0 Å². The Morgan fingerprint density at radius 3 is 2.22 bits per heavy atom. The minimum atomic E-state index is -0.397. The summed E-state index contributed by atoms with van der Waals surface area (Å²) in [5.41, 5.74) is 1.98. The van der Waals surface area contributed by atoms with Gasteiger partial charge in [-0.05, 0) is 64.5 Å². The molecule has 148 valence electrons. The number of ether oxygens (including phenoxy) is 2. The normalized spacial score (nSPS) is 17.5. The van der Waals surface area contributed by atoms with E-state index in [-0.39, 0.29) is 11.4 Å². The van der Waals surface area contributed by atoms with Crippen molar-refractivity contribution in [2.75, 3.05) is 20.8 Å². The maximum atomic E-state index is 13.1. The molecular formula is C20H29N3O3S. The van der Waals surface area contributed by atoms with Crippen LogP contribution in [0.15, 0.2) is 29.5 Å². The zero-order chi connectivity index (χ0) is 20.4. The zero-order valence-corrected chi connectivity index (χ0v) is 17.9. The first kappa shape index (κ1) is 21.0. The molecule has 0 unspecified atom stereocenters. The molecule has 2 N–H and O–H groups in total. The molecule has 0 aliphatic carbocycles. The Bertz CT molecular complexity index is 746. The maximum absolute atomic E-state index is 13.1. The van der Waals surface area contributed by atoms with Gasteiger partial charge in [-0.15, -0.1) is 0 Å². The highest BCUT2D eigenvalue weighted by molar-refractivity contribution is 7.80. The second-order valence-electron chi connectivity index (χ2n) is 7.48. The third-order valence-electron chi connectivity index (χ3n) is 4.35. The molecule has 7 heteroatoms. The minimum Gasteiger partial charge on any atom is -0.497 e. The number of rotatable bonds is 5. The number of hydrogen-bond donors (Lipinski definition) is 2. The summed E-state index contributed by atoms with van der Waals surface area (Å²) in [5.74, 6) is 1.19. The van der Waals surface area contributed by atoms with Gasteiger partial charge in [0.1, 0.15) is 11.5 Å². The summed E-state index contributed by atoms with van der Waals surface area (Å²) >= 11 is 5.54. The fourth-order valence-electron chi connectivity index (χ4n) is 3.11. The van der Waals surface area contributed by atoms with Crippen LogP contribution in [-0.2, 0) is 4.79 Å². The lowest BCUT2D eigenvalue weighted by Crippen LogP contribution is -2.51. The van der Waals surface area contributed by atoms with Crippen LogP contribution >= 0.6 is 12.2 Å². The van der Waals surface area contributed by atoms with E-state index in [1.807, 2.05) is 51.7 Å². The first-order chi connectivity index (χ1) is 12.6. The highest BCUT2D eigenvalue weighted by atomic mass is 32.1. The fraction of sp³-hybridized carbons (Fsp3) is 0.500. The molecule has 0 saturated carbocycles. The van der Waals surface area contributed by atoms with Gasteiger partial charge in [-0.3, -0.25) is 4.79 Å². The first-order valence-corrected chi connectivity index (χ1v) is 9.36. The molecule has 1 heterocycles. The highest BCUT2D eigenvalue weighted by Crippen LogP contribution is 2.34. The predicted octanol–water partition coefficient (Wildman–Crippen LogP) is 3.14. The Morgan fingerprint density at radius 2 is 1.78 bits per heavy atom. The van der Waals surface area contributed by atoms with Crippen LogP contribution in [0.4, 0.5) is 0 Å². The Balaban J connectivity index is 2.60. The molecule has 1 aliphatic rings. The van der Waals surface area contributed by atoms with E-state index < -0.39 is 6.04 Å². The topological polar surface area (TPSA) is 62.8 Å². The molecule has 1 amide bonds. The summed E-state index contributed by atoms with van der Waals surface area (Å²) in [6.45, 7) is 10.5. The Kier molecular flexibility index (Phi) is 6.36. The molecular weight excluding hydrogens is 362 g/mol. The average molecular weight is 392 g/mol. The smallest absolute Gasteiger partial charge is 0.251 e. The average Bonchev–Trinajstić information content (AvgIpc) is 2.59. The summed E-state index contributed by atoms with van der Waals surface area (Å²) in [5, 5.41) is 6.97. The summed E-state index contributed by atoms with van der Waals surface area (Å²) in [7, 11) is 3.20. The molecule has 0 aromatic heterocycles. The Morgan fingerprint density at radius 1 is 1.22 bits per heavy atom. The van der Waals surface area contributed by atoms with Crippen molar-refractivity contribution in [3.63, 3.8) is 0 Å². The van der Waals surface area contributed by atoms with Gasteiger partial charge in [0, 0.05) is 23.8 Å². The number of thiocarbonyl (C=S) groups is 1. The summed E-state index contributed by atoms with van der Waals surface area (Å²) in [4.78, 5) is 15.1. The van der Waals surface area contributed by atoms with Crippen molar-refractivity contribution in [2.24, 2.45) is 0 Å². The summed E-state index contributed by atoms with van der Waals surface area (Å²) in [6.07, 6.45) is 0. The lowest BCUT2D eigenvalue weighted by atomic mass is 9.93.